The third-order valence-electron chi connectivity index (χ3n) is 3.60. The minimum atomic E-state index is -1.17. The summed E-state index contributed by atoms with van der Waals surface area (Å²) >= 11 is 2.14. The zero-order chi connectivity index (χ0) is 17.3. The van der Waals surface area contributed by atoms with Crippen molar-refractivity contribution in [2.75, 3.05) is 0 Å². The maximum Gasteiger partial charge on any atom is 0.405 e. The molecule has 122 valence electrons. The Labute approximate surface area is 151 Å². The van der Waals surface area contributed by atoms with Gasteiger partial charge in [0.1, 0.15) is 5.82 Å². The van der Waals surface area contributed by atoms with Gasteiger partial charge in [0, 0.05) is 3.57 Å². The van der Waals surface area contributed by atoms with Crippen molar-refractivity contribution in [3.05, 3.63) is 68.3 Å². The van der Waals surface area contributed by atoms with E-state index in [0.29, 0.717) is 22.4 Å². The van der Waals surface area contributed by atoms with Gasteiger partial charge in [-0.3, -0.25) is 9.36 Å². The van der Waals surface area contributed by atoms with Crippen LogP contribution < -0.4 is 10.9 Å². The standard InChI is InChI=1S/C17H14IN3O3/c1-10(19-17(23)24)15-20-14-8-7-11(18)9-13(14)16(22)21(15)12-5-3-2-4-6-12/h2-10,19H,1H3,(H,23,24). The molecule has 0 saturated heterocycles. The second-order valence-electron chi connectivity index (χ2n) is 5.28. The summed E-state index contributed by atoms with van der Waals surface area (Å²) in [5.41, 5.74) is 0.963. The van der Waals surface area contributed by atoms with Crippen LogP contribution in [0.3, 0.4) is 0 Å². The van der Waals surface area contributed by atoms with E-state index in [4.69, 9.17) is 5.11 Å². The van der Waals surface area contributed by atoms with Crippen LogP contribution in [0.5, 0.6) is 0 Å². The highest BCUT2D eigenvalue weighted by molar-refractivity contribution is 14.1. The molecule has 2 N–H and O–H groups in total. The maximum atomic E-state index is 13.0. The molecular weight excluding hydrogens is 421 g/mol. The maximum absolute atomic E-state index is 13.0. The Hall–Kier alpha value is -2.42. The van der Waals surface area contributed by atoms with E-state index >= 15 is 0 Å². The van der Waals surface area contributed by atoms with Gasteiger partial charge in [0.05, 0.1) is 22.6 Å². The molecule has 0 spiro atoms. The molecule has 7 heteroatoms. The van der Waals surface area contributed by atoms with Gasteiger partial charge < -0.3 is 10.4 Å². The molecule has 0 aliphatic heterocycles. The molecule has 0 saturated carbocycles. The van der Waals surface area contributed by atoms with Crippen molar-refractivity contribution in [2.24, 2.45) is 0 Å². The van der Waals surface area contributed by atoms with E-state index in [2.05, 4.69) is 32.9 Å². The minimum absolute atomic E-state index is 0.223. The first kappa shape index (κ1) is 16.4. The molecule has 24 heavy (non-hydrogen) atoms. The molecule has 0 aliphatic rings. The van der Waals surface area contributed by atoms with E-state index in [1.54, 1.807) is 31.2 Å². The number of para-hydroxylation sites is 1. The van der Waals surface area contributed by atoms with E-state index in [0.717, 1.165) is 3.57 Å². The Morgan fingerprint density at radius 2 is 1.96 bits per heavy atom. The average Bonchev–Trinajstić information content (AvgIpc) is 2.55. The smallest absolute Gasteiger partial charge is 0.405 e. The van der Waals surface area contributed by atoms with Crippen molar-refractivity contribution >= 4 is 39.6 Å². The summed E-state index contributed by atoms with van der Waals surface area (Å²) in [6.07, 6.45) is -1.17. The molecule has 6 nitrogen and oxygen atoms in total. The zero-order valence-corrected chi connectivity index (χ0v) is 14.9. The summed E-state index contributed by atoms with van der Waals surface area (Å²) in [6.45, 7) is 1.66. The molecule has 0 radical (unpaired) electrons. The van der Waals surface area contributed by atoms with Crippen LogP contribution in [0, 0.1) is 3.57 Å². The van der Waals surface area contributed by atoms with Gasteiger partial charge in [0.15, 0.2) is 0 Å². The Kier molecular flexibility index (Phi) is 4.52. The topological polar surface area (TPSA) is 84.2 Å². The summed E-state index contributed by atoms with van der Waals surface area (Å²) in [7, 11) is 0. The molecule has 1 aromatic heterocycles. The Morgan fingerprint density at radius 3 is 2.62 bits per heavy atom. The fourth-order valence-corrected chi connectivity index (χ4v) is 3.03. The van der Waals surface area contributed by atoms with Gasteiger partial charge in [-0.15, -0.1) is 0 Å². The van der Waals surface area contributed by atoms with Gasteiger partial charge in [0.25, 0.3) is 5.56 Å². The Morgan fingerprint density at radius 1 is 1.25 bits per heavy atom. The normalized spacial score (nSPS) is 12.1. The molecule has 0 aliphatic carbocycles. The minimum Gasteiger partial charge on any atom is -0.465 e. The predicted octanol–water partition coefficient (Wildman–Crippen LogP) is 3.32. The van der Waals surface area contributed by atoms with Crippen molar-refractivity contribution in [2.45, 2.75) is 13.0 Å². The lowest BCUT2D eigenvalue weighted by atomic mass is 10.2. The molecule has 1 heterocycles. The van der Waals surface area contributed by atoms with E-state index in [9.17, 15) is 9.59 Å². The number of amides is 1. The monoisotopic (exact) mass is 435 g/mol. The summed E-state index contributed by atoms with van der Waals surface area (Å²) in [4.78, 5) is 28.6. The van der Waals surface area contributed by atoms with Crippen LogP contribution in [0.4, 0.5) is 4.79 Å². The summed E-state index contributed by atoms with van der Waals surface area (Å²) in [5, 5.41) is 11.9. The lowest BCUT2D eigenvalue weighted by molar-refractivity contribution is 0.190. The molecule has 0 fully saturated rings. The van der Waals surface area contributed by atoms with Gasteiger partial charge in [-0.1, -0.05) is 18.2 Å². The summed E-state index contributed by atoms with van der Waals surface area (Å²) < 4.78 is 2.39. The third-order valence-corrected chi connectivity index (χ3v) is 4.27. The number of hydrogen-bond donors (Lipinski definition) is 2. The van der Waals surface area contributed by atoms with Crippen LogP contribution in [-0.4, -0.2) is 20.8 Å². The van der Waals surface area contributed by atoms with Gasteiger partial charge in [0.2, 0.25) is 0 Å². The number of rotatable bonds is 3. The molecule has 1 unspecified atom stereocenters. The SMILES string of the molecule is CC(NC(=O)O)c1nc2ccc(I)cc2c(=O)n1-c1ccccc1. The molecular formula is C17H14IN3O3. The number of nitrogens with one attached hydrogen (secondary N) is 1. The second-order valence-corrected chi connectivity index (χ2v) is 6.52. The second kappa shape index (κ2) is 6.60. The van der Waals surface area contributed by atoms with Gasteiger partial charge in [-0.25, -0.2) is 9.78 Å². The van der Waals surface area contributed by atoms with Gasteiger partial charge in [-0.2, -0.15) is 0 Å². The van der Waals surface area contributed by atoms with E-state index in [1.807, 2.05) is 24.3 Å². The molecule has 3 rings (SSSR count). The van der Waals surface area contributed by atoms with Crippen molar-refractivity contribution in [3.8, 4) is 5.69 Å². The zero-order valence-electron chi connectivity index (χ0n) is 12.7. The van der Waals surface area contributed by atoms with Crippen molar-refractivity contribution < 1.29 is 9.90 Å². The quantitative estimate of drug-likeness (QED) is 0.619. The lowest BCUT2D eigenvalue weighted by Crippen LogP contribution is -2.32. The number of carboxylic acid groups (broad SMARTS) is 1. The van der Waals surface area contributed by atoms with Crippen molar-refractivity contribution in [1.29, 1.82) is 0 Å². The van der Waals surface area contributed by atoms with Crippen LogP contribution in [-0.2, 0) is 0 Å². The fraction of sp³-hybridized carbons (Fsp3) is 0.118. The molecule has 1 amide bonds. The van der Waals surface area contributed by atoms with E-state index < -0.39 is 12.1 Å². The fourth-order valence-electron chi connectivity index (χ4n) is 2.54. The first-order chi connectivity index (χ1) is 11.5. The van der Waals surface area contributed by atoms with Crippen molar-refractivity contribution in [1.82, 2.24) is 14.9 Å². The van der Waals surface area contributed by atoms with Gasteiger partial charge >= 0.3 is 6.09 Å². The first-order valence-electron chi connectivity index (χ1n) is 7.24. The predicted molar refractivity (Wildman–Crippen MR) is 99.6 cm³/mol. The number of fused-ring (bicyclic) bond motifs is 1. The molecule has 2 aromatic carbocycles. The summed E-state index contributed by atoms with van der Waals surface area (Å²) in [6, 6.07) is 13.8. The van der Waals surface area contributed by atoms with Crippen LogP contribution in [0.25, 0.3) is 16.6 Å². The molecule has 1 atom stereocenters. The van der Waals surface area contributed by atoms with E-state index in [-0.39, 0.29) is 5.56 Å². The summed E-state index contributed by atoms with van der Waals surface area (Å²) in [5.74, 6) is 0.349. The molecule has 3 aromatic rings. The van der Waals surface area contributed by atoms with Gasteiger partial charge in [-0.05, 0) is 59.8 Å². The highest BCUT2D eigenvalue weighted by Gasteiger charge is 2.19. The third kappa shape index (κ3) is 3.12. The lowest BCUT2D eigenvalue weighted by Gasteiger charge is -2.18. The van der Waals surface area contributed by atoms with Crippen LogP contribution >= 0.6 is 22.6 Å². The highest BCUT2D eigenvalue weighted by Crippen LogP contribution is 2.19. The number of aromatic nitrogens is 2. The van der Waals surface area contributed by atoms with Crippen LogP contribution in [0.1, 0.15) is 18.8 Å². The first-order valence-corrected chi connectivity index (χ1v) is 8.32. The number of halogens is 1. The average molecular weight is 435 g/mol. The Bertz CT molecular complexity index is 970. The van der Waals surface area contributed by atoms with Crippen LogP contribution in [0.15, 0.2) is 53.3 Å². The van der Waals surface area contributed by atoms with E-state index in [1.165, 1.54) is 4.57 Å². The number of benzene rings is 2. The number of hydrogen-bond acceptors (Lipinski definition) is 3. The van der Waals surface area contributed by atoms with Crippen LogP contribution in [0.2, 0.25) is 0 Å². The number of nitrogens with zero attached hydrogens (tertiary/aromatic N) is 2. The Balaban J connectivity index is 2.34. The number of carbonyl (C=O) groups is 1. The molecule has 0 bridgehead atoms. The largest absolute Gasteiger partial charge is 0.465 e. The van der Waals surface area contributed by atoms with Crippen molar-refractivity contribution in [3.63, 3.8) is 0 Å². The highest BCUT2D eigenvalue weighted by atomic mass is 127.